The number of hydrogen-bond acceptors (Lipinski definition) is 2. The molecule has 1 fully saturated rings. The van der Waals surface area contributed by atoms with Gasteiger partial charge in [0.2, 0.25) is 0 Å². The molecule has 0 aromatic heterocycles. The molecule has 0 bridgehead atoms. The minimum atomic E-state index is -0.522. The van der Waals surface area contributed by atoms with Crippen LogP contribution in [0.3, 0.4) is 0 Å². The summed E-state index contributed by atoms with van der Waals surface area (Å²) in [5, 5.41) is 10.3. The van der Waals surface area contributed by atoms with Gasteiger partial charge >= 0.3 is 0 Å². The van der Waals surface area contributed by atoms with Crippen molar-refractivity contribution < 1.29 is 9.50 Å². The number of aliphatic hydroxyl groups excluding tert-OH is 1. The first-order chi connectivity index (χ1) is 7.27. The number of benzene rings is 1. The molecule has 2 atom stereocenters. The lowest BCUT2D eigenvalue weighted by atomic mass is 10.0. The predicted octanol–water partition coefficient (Wildman–Crippen LogP) is 3.14. The van der Waals surface area contributed by atoms with Crippen molar-refractivity contribution in [3.63, 3.8) is 0 Å². The van der Waals surface area contributed by atoms with E-state index in [1.807, 2.05) is 0 Å². The minimum Gasteiger partial charge on any atom is -0.387 e. The summed E-state index contributed by atoms with van der Waals surface area (Å²) in [5.41, 5.74) is 0.703. The molecule has 15 heavy (non-hydrogen) atoms. The van der Waals surface area contributed by atoms with Crippen LogP contribution in [0.25, 0.3) is 0 Å². The van der Waals surface area contributed by atoms with Gasteiger partial charge < -0.3 is 5.11 Å². The molecule has 1 N–H and O–H groups in total. The molecule has 1 aromatic rings. The van der Waals surface area contributed by atoms with E-state index in [2.05, 4.69) is 0 Å². The van der Waals surface area contributed by atoms with Crippen LogP contribution in [0.4, 0.5) is 4.39 Å². The molecule has 0 saturated carbocycles. The van der Waals surface area contributed by atoms with Gasteiger partial charge in [0.15, 0.2) is 0 Å². The van der Waals surface area contributed by atoms with E-state index in [-0.39, 0.29) is 11.1 Å². The van der Waals surface area contributed by atoms with Crippen LogP contribution in [0.5, 0.6) is 0 Å². The molecule has 3 heteroatoms. The zero-order valence-corrected chi connectivity index (χ0v) is 9.34. The zero-order valence-electron chi connectivity index (χ0n) is 8.53. The van der Waals surface area contributed by atoms with Crippen LogP contribution in [-0.4, -0.2) is 16.1 Å². The number of halogens is 1. The van der Waals surface area contributed by atoms with Gasteiger partial charge in [0.1, 0.15) is 5.82 Å². The van der Waals surface area contributed by atoms with Crippen LogP contribution in [0.1, 0.15) is 30.9 Å². The Morgan fingerprint density at radius 1 is 1.40 bits per heavy atom. The van der Waals surface area contributed by atoms with Gasteiger partial charge in [-0.25, -0.2) is 4.39 Å². The summed E-state index contributed by atoms with van der Waals surface area (Å²) in [5.74, 6) is 0.837. The highest BCUT2D eigenvalue weighted by atomic mass is 32.2. The number of aliphatic hydroxyl groups is 1. The lowest BCUT2D eigenvalue weighted by molar-refractivity contribution is 0.168. The summed E-state index contributed by atoms with van der Waals surface area (Å²) in [7, 11) is 0. The van der Waals surface area contributed by atoms with E-state index >= 15 is 0 Å². The Labute approximate surface area is 93.7 Å². The van der Waals surface area contributed by atoms with E-state index in [1.165, 1.54) is 25.0 Å². The summed E-state index contributed by atoms with van der Waals surface area (Å²) < 4.78 is 13.0. The number of rotatable bonds is 2. The molecule has 1 saturated heterocycles. The first-order valence-electron chi connectivity index (χ1n) is 5.32. The third kappa shape index (κ3) is 2.73. The lowest BCUT2D eigenvalue weighted by Crippen LogP contribution is -2.19. The topological polar surface area (TPSA) is 20.2 Å². The van der Waals surface area contributed by atoms with Gasteiger partial charge in [0.05, 0.1) is 6.10 Å². The highest BCUT2D eigenvalue weighted by Gasteiger charge is 2.23. The van der Waals surface area contributed by atoms with Crippen LogP contribution in [0.2, 0.25) is 0 Å². The molecule has 82 valence electrons. The summed E-state index contributed by atoms with van der Waals surface area (Å²) in [4.78, 5) is 0. The van der Waals surface area contributed by atoms with Crippen molar-refractivity contribution in [2.24, 2.45) is 0 Å². The molecule has 2 unspecified atom stereocenters. The molecule has 1 nitrogen and oxygen atoms in total. The van der Waals surface area contributed by atoms with E-state index in [0.717, 1.165) is 12.2 Å². The second-order valence-electron chi connectivity index (χ2n) is 3.90. The Morgan fingerprint density at radius 3 is 2.93 bits per heavy atom. The molecule has 0 radical (unpaired) electrons. The van der Waals surface area contributed by atoms with Crippen molar-refractivity contribution in [1.82, 2.24) is 0 Å². The molecule has 1 aliphatic rings. The molecule has 0 spiro atoms. The number of thioether (sulfide) groups is 1. The van der Waals surface area contributed by atoms with E-state index in [0.29, 0.717) is 5.56 Å². The summed E-state index contributed by atoms with van der Waals surface area (Å²) in [6, 6.07) is 6.29. The predicted molar refractivity (Wildman–Crippen MR) is 61.5 cm³/mol. The van der Waals surface area contributed by atoms with E-state index in [9.17, 15) is 9.50 Å². The van der Waals surface area contributed by atoms with Gasteiger partial charge in [-0.1, -0.05) is 18.6 Å². The van der Waals surface area contributed by atoms with Gasteiger partial charge in [-0.05, 0) is 36.3 Å². The van der Waals surface area contributed by atoms with Crippen molar-refractivity contribution in [1.29, 1.82) is 0 Å². The summed E-state index contributed by atoms with van der Waals surface area (Å²) in [6.45, 7) is 0. The maximum absolute atomic E-state index is 13.0. The fourth-order valence-electron chi connectivity index (χ4n) is 1.92. The Hall–Kier alpha value is -0.540. The van der Waals surface area contributed by atoms with Crippen LogP contribution in [0, 0.1) is 5.82 Å². The molecule has 0 aliphatic carbocycles. The third-order valence-corrected chi connectivity index (χ3v) is 4.20. The molecular formula is C12H15FOS. The molecule has 0 amide bonds. The fraction of sp³-hybridized carbons (Fsp3) is 0.500. The van der Waals surface area contributed by atoms with Gasteiger partial charge in [-0.2, -0.15) is 11.8 Å². The Kier molecular flexibility index (Phi) is 3.65. The molecule has 1 aliphatic heterocycles. The van der Waals surface area contributed by atoms with Crippen LogP contribution >= 0.6 is 11.8 Å². The van der Waals surface area contributed by atoms with Crippen LogP contribution in [0.15, 0.2) is 24.3 Å². The lowest BCUT2D eigenvalue weighted by Gasteiger charge is -2.26. The van der Waals surface area contributed by atoms with E-state index in [4.69, 9.17) is 0 Å². The largest absolute Gasteiger partial charge is 0.387 e. The summed E-state index contributed by atoms with van der Waals surface area (Å²) >= 11 is 1.80. The highest BCUT2D eigenvalue weighted by Crippen LogP contribution is 2.34. The molecule has 1 aromatic carbocycles. The maximum Gasteiger partial charge on any atom is 0.123 e. The van der Waals surface area contributed by atoms with Crippen molar-refractivity contribution in [3.8, 4) is 0 Å². The Morgan fingerprint density at radius 2 is 2.27 bits per heavy atom. The van der Waals surface area contributed by atoms with Gasteiger partial charge in [-0.3, -0.25) is 0 Å². The maximum atomic E-state index is 13.0. The fourth-order valence-corrected chi connectivity index (χ4v) is 3.27. The van der Waals surface area contributed by atoms with Crippen LogP contribution < -0.4 is 0 Å². The molecular weight excluding hydrogens is 211 g/mol. The average Bonchev–Trinajstić information content (AvgIpc) is 2.29. The Bertz CT molecular complexity index is 323. The SMILES string of the molecule is OC(c1cccc(F)c1)C1CCCCS1. The first kappa shape index (κ1) is 11.0. The van der Waals surface area contributed by atoms with Crippen molar-refractivity contribution in [3.05, 3.63) is 35.6 Å². The van der Waals surface area contributed by atoms with E-state index in [1.54, 1.807) is 23.9 Å². The average molecular weight is 226 g/mol. The standard InChI is InChI=1S/C12H15FOS/c13-10-5-3-4-9(8-10)12(14)11-6-1-2-7-15-11/h3-5,8,11-12,14H,1-2,6-7H2. The van der Waals surface area contributed by atoms with Gasteiger partial charge in [-0.15, -0.1) is 0 Å². The molecule has 1 heterocycles. The van der Waals surface area contributed by atoms with Crippen molar-refractivity contribution in [2.75, 3.05) is 5.75 Å². The highest BCUT2D eigenvalue weighted by molar-refractivity contribution is 7.99. The number of hydrogen-bond donors (Lipinski definition) is 1. The normalized spacial score (nSPS) is 23.7. The van der Waals surface area contributed by atoms with Crippen LogP contribution in [-0.2, 0) is 0 Å². The Balaban J connectivity index is 2.08. The summed E-state index contributed by atoms with van der Waals surface area (Å²) in [6.07, 6.45) is 2.91. The zero-order chi connectivity index (χ0) is 10.7. The van der Waals surface area contributed by atoms with Crippen molar-refractivity contribution in [2.45, 2.75) is 30.6 Å². The quantitative estimate of drug-likeness (QED) is 0.836. The minimum absolute atomic E-state index is 0.237. The van der Waals surface area contributed by atoms with Crippen molar-refractivity contribution >= 4 is 11.8 Å². The second-order valence-corrected chi connectivity index (χ2v) is 5.25. The van der Waals surface area contributed by atoms with E-state index < -0.39 is 6.10 Å². The van der Waals surface area contributed by atoms with Gasteiger partial charge in [0.25, 0.3) is 0 Å². The first-order valence-corrected chi connectivity index (χ1v) is 6.37. The smallest absolute Gasteiger partial charge is 0.123 e. The third-order valence-electron chi connectivity index (χ3n) is 2.76. The van der Waals surface area contributed by atoms with Gasteiger partial charge in [0, 0.05) is 5.25 Å². The monoisotopic (exact) mass is 226 g/mol. The second kappa shape index (κ2) is 4.99. The molecule has 2 rings (SSSR count).